The normalized spacial score (nSPS) is 13.6. The summed E-state index contributed by atoms with van der Waals surface area (Å²) in [4.78, 5) is 5.93. The fourth-order valence-electron chi connectivity index (χ4n) is 1.60. The lowest BCUT2D eigenvalue weighted by atomic mass is 9.96. The molecule has 0 aliphatic heterocycles. The van der Waals surface area contributed by atoms with Gasteiger partial charge in [-0.15, -0.1) is 11.3 Å². The van der Waals surface area contributed by atoms with E-state index in [1.54, 1.807) is 11.3 Å². The Hall–Kier alpha value is -0.940. The number of anilines is 1. The number of hydrogen-bond acceptors (Lipinski definition) is 5. The van der Waals surface area contributed by atoms with Crippen molar-refractivity contribution in [3.8, 4) is 0 Å². The third-order valence-corrected chi connectivity index (χ3v) is 4.32. The highest BCUT2D eigenvalue weighted by Crippen LogP contribution is 2.29. The van der Waals surface area contributed by atoms with Gasteiger partial charge in [-0.05, 0) is 17.9 Å². The molecule has 0 aliphatic carbocycles. The number of hydrogen-bond donors (Lipinski definition) is 1. The van der Waals surface area contributed by atoms with Crippen LogP contribution in [0.1, 0.15) is 50.9 Å². The lowest BCUT2D eigenvalue weighted by Gasteiger charge is -2.15. The van der Waals surface area contributed by atoms with Gasteiger partial charge in [0.05, 0.1) is 6.04 Å². The lowest BCUT2D eigenvalue weighted by molar-refractivity contribution is 0.555. The van der Waals surface area contributed by atoms with E-state index in [4.69, 9.17) is 0 Å². The summed E-state index contributed by atoms with van der Waals surface area (Å²) in [6.07, 6.45) is 1.05. The molecule has 5 heteroatoms. The molecule has 0 amide bonds. The van der Waals surface area contributed by atoms with Crippen LogP contribution in [0.15, 0.2) is 17.5 Å². The molecule has 0 saturated heterocycles. The molecule has 0 radical (unpaired) electrons. The van der Waals surface area contributed by atoms with Crippen molar-refractivity contribution < 1.29 is 0 Å². The molecule has 0 spiro atoms. The molecule has 2 rings (SSSR count). The van der Waals surface area contributed by atoms with Crippen LogP contribution in [-0.2, 0) is 5.41 Å². The summed E-state index contributed by atoms with van der Waals surface area (Å²) >= 11 is 3.23. The maximum Gasteiger partial charge on any atom is 0.203 e. The topological polar surface area (TPSA) is 37.8 Å². The Morgan fingerprint density at radius 3 is 2.67 bits per heavy atom. The molecule has 18 heavy (non-hydrogen) atoms. The molecule has 1 N–H and O–H groups in total. The van der Waals surface area contributed by atoms with Crippen LogP contribution in [0.25, 0.3) is 0 Å². The van der Waals surface area contributed by atoms with E-state index in [-0.39, 0.29) is 5.41 Å². The number of nitrogens with one attached hydrogen (secondary N) is 1. The van der Waals surface area contributed by atoms with Gasteiger partial charge in [0.25, 0.3) is 0 Å². The maximum absolute atomic E-state index is 4.58. The summed E-state index contributed by atoms with van der Waals surface area (Å²) in [6.45, 7) is 8.59. The molecule has 0 aliphatic rings. The van der Waals surface area contributed by atoms with Crippen molar-refractivity contribution in [2.75, 3.05) is 5.32 Å². The Kier molecular flexibility index (Phi) is 4.02. The molecule has 2 aromatic rings. The SMILES string of the molecule is CCC(Nc1nc(C(C)(C)C)ns1)c1cccs1. The minimum Gasteiger partial charge on any atom is -0.353 e. The summed E-state index contributed by atoms with van der Waals surface area (Å²) in [7, 11) is 0. The third-order valence-electron chi connectivity index (χ3n) is 2.69. The van der Waals surface area contributed by atoms with Crippen molar-refractivity contribution >= 4 is 28.0 Å². The molecule has 2 heterocycles. The second kappa shape index (κ2) is 5.36. The van der Waals surface area contributed by atoms with Crippen molar-refractivity contribution in [1.29, 1.82) is 0 Å². The van der Waals surface area contributed by atoms with Crippen molar-refractivity contribution in [3.05, 3.63) is 28.2 Å². The van der Waals surface area contributed by atoms with E-state index in [9.17, 15) is 0 Å². The van der Waals surface area contributed by atoms with E-state index >= 15 is 0 Å². The van der Waals surface area contributed by atoms with Crippen molar-refractivity contribution in [2.24, 2.45) is 0 Å². The second-order valence-electron chi connectivity index (χ2n) is 5.29. The zero-order valence-electron chi connectivity index (χ0n) is 11.2. The first-order valence-corrected chi connectivity index (χ1v) is 7.80. The third kappa shape index (κ3) is 3.09. The number of aromatic nitrogens is 2. The quantitative estimate of drug-likeness (QED) is 0.899. The second-order valence-corrected chi connectivity index (χ2v) is 7.02. The van der Waals surface area contributed by atoms with Crippen LogP contribution in [0, 0.1) is 0 Å². The summed E-state index contributed by atoms with van der Waals surface area (Å²) in [5.74, 6) is 0.913. The average Bonchev–Trinajstić information content (AvgIpc) is 2.95. The van der Waals surface area contributed by atoms with Crippen LogP contribution < -0.4 is 5.32 Å². The molecule has 0 aromatic carbocycles. The maximum atomic E-state index is 4.58. The summed E-state index contributed by atoms with van der Waals surface area (Å²) in [5, 5.41) is 6.51. The first-order valence-electron chi connectivity index (χ1n) is 6.15. The van der Waals surface area contributed by atoms with Gasteiger partial charge in [0.2, 0.25) is 5.13 Å². The van der Waals surface area contributed by atoms with Crippen LogP contribution in [0.2, 0.25) is 0 Å². The summed E-state index contributed by atoms with van der Waals surface area (Å²) in [5.41, 5.74) is 0.0150. The van der Waals surface area contributed by atoms with Gasteiger partial charge in [0.1, 0.15) is 5.82 Å². The van der Waals surface area contributed by atoms with Gasteiger partial charge in [0.15, 0.2) is 0 Å². The van der Waals surface area contributed by atoms with Gasteiger partial charge < -0.3 is 5.32 Å². The fraction of sp³-hybridized carbons (Fsp3) is 0.538. The fourth-order valence-corrected chi connectivity index (χ4v) is 3.27. The van der Waals surface area contributed by atoms with Crippen LogP contribution in [0.4, 0.5) is 5.13 Å². The minimum absolute atomic E-state index is 0.0150. The number of rotatable bonds is 4. The first kappa shape index (κ1) is 13.5. The number of thiophene rings is 1. The Morgan fingerprint density at radius 1 is 1.39 bits per heavy atom. The molecule has 2 aromatic heterocycles. The van der Waals surface area contributed by atoms with E-state index in [0.717, 1.165) is 17.4 Å². The Labute approximate surface area is 116 Å². The number of nitrogens with zero attached hydrogens (tertiary/aromatic N) is 2. The van der Waals surface area contributed by atoms with Crippen LogP contribution >= 0.6 is 22.9 Å². The Bertz CT molecular complexity index is 483. The van der Waals surface area contributed by atoms with Gasteiger partial charge in [-0.25, -0.2) is 4.98 Å². The molecular formula is C13H19N3S2. The van der Waals surface area contributed by atoms with Crippen LogP contribution in [0.3, 0.4) is 0 Å². The molecular weight excluding hydrogens is 262 g/mol. The smallest absolute Gasteiger partial charge is 0.203 e. The van der Waals surface area contributed by atoms with Crippen LogP contribution in [-0.4, -0.2) is 9.36 Å². The Balaban J connectivity index is 2.11. The van der Waals surface area contributed by atoms with Crippen molar-refractivity contribution in [2.45, 2.75) is 45.6 Å². The van der Waals surface area contributed by atoms with Gasteiger partial charge in [-0.2, -0.15) is 4.37 Å². The molecule has 0 saturated carbocycles. The van der Waals surface area contributed by atoms with E-state index in [1.807, 2.05) is 0 Å². The predicted octanol–water partition coefficient (Wildman–Crippen LogP) is 4.46. The van der Waals surface area contributed by atoms with Gasteiger partial charge in [-0.1, -0.05) is 33.8 Å². The first-order chi connectivity index (χ1) is 8.50. The highest BCUT2D eigenvalue weighted by atomic mass is 32.1. The zero-order chi connectivity index (χ0) is 13.2. The molecule has 0 bridgehead atoms. The highest BCUT2D eigenvalue weighted by Gasteiger charge is 2.20. The largest absolute Gasteiger partial charge is 0.353 e. The molecule has 0 fully saturated rings. The molecule has 1 unspecified atom stereocenters. The molecule has 1 atom stereocenters. The van der Waals surface area contributed by atoms with Gasteiger partial charge in [-0.3, -0.25) is 0 Å². The van der Waals surface area contributed by atoms with Crippen LogP contribution in [0.5, 0.6) is 0 Å². The highest BCUT2D eigenvalue weighted by molar-refractivity contribution is 7.10. The minimum atomic E-state index is 0.0150. The standard InChI is InChI=1S/C13H19N3S2/c1-5-9(10-7-6-8-17-10)14-12-15-11(16-18-12)13(2,3)4/h6-9H,5H2,1-4H3,(H,14,15,16). The summed E-state index contributed by atoms with van der Waals surface area (Å²) < 4.78 is 4.43. The predicted molar refractivity (Wildman–Crippen MR) is 79.6 cm³/mol. The van der Waals surface area contributed by atoms with Crippen molar-refractivity contribution in [1.82, 2.24) is 9.36 Å². The van der Waals surface area contributed by atoms with E-state index in [0.29, 0.717) is 6.04 Å². The molecule has 98 valence electrons. The Morgan fingerprint density at radius 2 is 2.17 bits per heavy atom. The molecule has 3 nitrogen and oxygen atoms in total. The van der Waals surface area contributed by atoms with Crippen molar-refractivity contribution in [3.63, 3.8) is 0 Å². The zero-order valence-corrected chi connectivity index (χ0v) is 12.9. The lowest BCUT2D eigenvalue weighted by Crippen LogP contribution is -2.14. The van der Waals surface area contributed by atoms with Gasteiger partial charge in [0, 0.05) is 21.8 Å². The van der Waals surface area contributed by atoms with E-state index < -0.39 is 0 Å². The van der Waals surface area contributed by atoms with E-state index in [2.05, 4.69) is 59.9 Å². The summed E-state index contributed by atoms with van der Waals surface area (Å²) in [6, 6.07) is 4.59. The average molecular weight is 281 g/mol. The van der Waals surface area contributed by atoms with E-state index in [1.165, 1.54) is 16.4 Å². The van der Waals surface area contributed by atoms with Gasteiger partial charge >= 0.3 is 0 Å². The monoisotopic (exact) mass is 281 g/mol.